The number of rotatable bonds is 4. The molecule has 0 amide bonds. The van der Waals surface area contributed by atoms with E-state index in [0.29, 0.717) is 6.54 Å². The Hall–Kier alpha value is -2.70. The predicted molar refractivity (Wildman–Crippen MR) is 83.8 cm³/mol. The number of aromatic nitrogens is 5. The van der Waals surface area contributed by atoms with E-state index in [1.54, 1.807) is 10.8 Å². The fraction of sp³-hybridized carbons (Fsp3) is 0.333. The largest absolute Gasteiger partial charge is 0.364 e. The molecule has 1 aliphatic rings. The van der Waals surface area contributed by atoms with Gasteiger partial charge in [0.2, 0.25) is 0 Å². The highest BCUT2D eigenvalue weighted by Gasteiger charge is 2.12. The summed E-state index contributed by atoms with van der Waals surface area (Å²) in [6.07, 6.45) is 6.05. The van der Waals surface area contributed by atoms with E-state index in [1.807, 2.05) is 18.3 Å². The number of anilines is 2. The minimum atomic E-state index is 0.688. The van der Waals surface area contributed by atoms with Crippen molar-refractivity contribution in [3.63, 3.8) is 0 Å². The summed E-state index contributed by atoms with van der Waals surface area (Å²) in [5.74, 6) is 1.86. The van der Waals surface area contributed by atoms with Crippen molar-refractivity contribution in [1.29, 1.82) is 0 Å². The van der Waals surface area contributed by atoms with Crippen LogP contribution < -0.4 is 10.2 Å². The average Bonchev–Trinajstić information content (AvgIpc) is 3.24. The molecule has 0 atom stereocenters. The molecule has 3 aromatic rings. The molecule has 4 rings (SSSR count). The predicted octanol–water partition coefficient (Wildman–Crippen LogP) is 1.73. The van der Waals surface area contributed by atoms with Gasteiger partial charge >= 0.3 is 0 Å². The molecule has 0 aromatic carbocycles. The molecule has 22 heavy (non-hydrogen) atoms. The Bertz CT molecular complexity index is 759. The lowest BCUT2D eigenvalue weighted by Gasteiger charge is -2.16. The van der Waals surface area contributed by atoms with E-state index in [0.717, 1.165) is 35.9 Å². The number of hydrogen-bond donors (Lipinski definition) is 1. The summed E-state index contributed by atoms with van der Waals surface area (Å²) in [5.41, 5.74) is 1.87. The summed E-state index contributed by atoms with van der Waals surface area (Å²) in [6.45, 7) is 2.93. The number of pyridine rings is 1. The molecule has 1 fully saturated rings. The van der Waals surface area contributed by atoms with E-state index >= 15 is 0 Å². The maximum Gasteiger partial charge on any atom is 0.177 e. The van der Waals surface area contributed by atoms with Gasteiger partial charge in [-0.3, -0.25) is 0 Å². The van der Waals surface area contributed by atoms with Gasteiger partial charge in [-0.05, 0) is 36.6 Å². The molecule has 0 unspecified atom stereocenters. The van der Waals surface area contributed by atoms with Crippen molar-refractivity contribution >= 4 is 17.3 Å². The van der Waals surface area contributed by atoms with Crippen molar-refractivity contribution in [2.45, 2.75) is 19.4 Å². The third-order valence-electron chi connectivity index (χ3n) is 3.87. The summed E-state index contributed by atoms with van der Waals surface area (Å²) in [4.78, 5) is 6.89. The van der Waals surface area contributed by atoms with E-state index < -0.39 is 0 Å². The maximum absolute atomic E-state index is 4.55. The van der Waals surface area contributed by atoms with Crippen LogP contribution in [0.25, 0.3) is 5.65 Å². The number of hydrogen-bond acceptors (Lipinski definition) is 6. The van der Waals surface area contributed by atoms with Gasteiger partial charge in [-0.15, -0.1) is 15.3 Å². The van der Waals surface area contributed by atoms with Gasteiger partial charge < -0.3 is 10.2 Å². The Kier molecular flexibility index (Phi) is 3.30. The highest BCUT2D eigenvalue weighted by Crippen LogP contribution is 2.17. The lowest BCUT2D eigenvalue weighted by molar-refractivity contribution is 0.912. The highest BCUT2D eigenvalue weighted by atomic mass is 15.4. The van der Waals surface area contributed by atoms with Crippen LogP contribution in [-0.2, 0) is 6.54 Å². The molecule has 0 aliphatic carbocycles. The Morgan fingerprint density at radius 3 is 2.82 bits per heavy atom. The van der Waals surface area contributed by atoms with Crippen molar-refractivity contribution in [3.05, 3.63) is 42.4 Å². The summed E-state index contributed by atoms with van der Waals surface area (Å²) in [6, 6.07) is 8.00. The summed E-state index contributed by atoms with van der Waals surface area (Å²) < 4.78 is 1.65. The zero-order chi connectivity index (χ0) is 14.8. The first kappa shape index (κ1) is 13.0. The molecule has 0 bridgehead atoms. The molecule has 1 N–H and O–H groups in total. The Morgan fingerprint density at radius 2 is 2.00 bits per heavy atom. The standard InChI is InChI=1S/C15H17N7/c1-2-8-21(7-1)14-5-3-12(10-17-14)9-16-13-4-6-15-19-18-11-22(15)20-13/h3-6,10-11H,1-2,7-9H2,(H,16,20). The van der Waals surface area contributed by atoms with Gasteiger partial charge in [-0.25, -0.2) is 4.98 Å². The first-order chi connectivity index (χ1) is 10.9. The van der Waals surface area contributed by atoms with Gasteiger partial charge in [-0.2, -0.15) is 4.52 Å². The quantitative estimate of drug-likeness (QED) is 0.790. The van der Waals surface area contributed by atoms with E-state index in [1.165, 1.54) is 12.8 Å². The molecule has 3 aromatic heterocycles. The monoisotopic (exact) mass is 295 g/mol. The van der Waals surface area contributed by atoms with Crippen LogP contribution in [0.15, 0.2) is 36.8 Å². The number of nitrogens with one attached hydrogen (secondary N) is 1. The molecule has 7 heteroatoms. The maximum atomic E-state index is 4.55. The summed E-state index contributed by atoms with van der Waals surface area (Å²) in [7, 11) is 0. The second-order valence-electron chi connectivity index (χ2n) is 5.42. The zero-order valence-corrected chi connectivity index (χ0v) is 12.2. The normalized spacial score (nSPS) is 14.6. The van der Waals surface area contributed by atoms with Crippen LogP contribution >= 0.6 is 0 Å². The van der Waals surface area contributed by atoms with Crippen LogP contribution in [0, 0.1) is 0 Å². The Morgan fingerprint density at radius 1 is 1.09 bits per heavy atom. The Balaban J connectivity index is 1.42. The van der Waals surface area contributed by atoms with Crippen molar-refractivity contribution < 1.29 is 0 Å². The zero-order valence-electron chi connectivity index (χ0n) is 12.2. The van der Waals surface area contributed by atoms with Crippen molar-refractivity contribution in [1.82, 2.24) is 24.8 Å². The van der Waals surface area contributed by atoms with Crippen molar-refractivity contribution in [2.75, 3.05) is 23.3 Å². The van der Waals surface area contributed by atoms with Crippen LogP contribution in [-0.4, -0.2) is 37.9 Å². The number of nitrogens with zero attached hydrogens (tertiary/aromatic N) is 6. The lowest BCUT2D eigenvalue weighted by atomic mass is 10.2. The van der Waals surface area contributed by atoms with Gasteiger partial charge in [0.1, 0.15) is 18.0 Å². The first-order valence-corrected chi connectivity index (χ1v) is 7.49. The molecule has 1 saturated heterocycles. The van der Waals surface area contributed by atoms with Crippen molar-refractivity contribution in [2.24, 2.45) is 0 Å². The Labute approximate surface area is 128 Å². The molecule has 0 spiro atoms. The highest BCUT2D eigenvalue weighted by molar-refractivity contribution is 5.44. The average molecular weight is 295 g/mol. The first-order valence-electron chi connectivity index (χ1n) is 7.49. The number of fused-ring (bicyclic) bond motifs is 1. The van der Waals surface area contributed by atoms with E-state index in [9.17, 15) is 0 Å². The van der Waals surface area contributed by atoms with E-state index in [2.05, 4.69) is 42.6 Å². The molecule has 0 radical (unpaired) electrons. The van der Waals surface area contributed by atoms with Gasteiger partial charge in [-0.1, -0.05) is 6.07 Å². The fourth-order valence-corrected chi connectivity index (χ4v) is 2.67. The molecule has 1 aliphatic heterocycles. The molecule has 112 valence electrons. The summed E-state index contributed by atoms with van der Waals surface area (Å²) >= 11 is 0. The smallest absolute Gasteiger partial charge is 0.177 e. The third-order valence-corrected chi connectivity index (χ3v) is 3.87. The molecule has 4 heterocycles. The minimum Gasteiger partial charge on any atom is -0.364 e. The molecular formula is C15H17N7. The van der Waals surface area contributed by atoms with E-state index in [-0.39, 0.29) is 0 Å². The van der Waals surface area contributed by atoms with Crippen LogP contribution in [0.4, 0.5) is 11.6 Å². The SMILES string of the molecule is c1cc(N2CCCC2)ncc1CNc1ccc2nncn2n1. The second kappa shape index (κ2) is 5.59. The van der Waals surface area contributed by atoms with Gasteiger partial charge in [0.25, 0.3) is 0 Å². The third kappa shape index (κ3) is 2.57. The molecule has 0 saturated carbocycles. The van der Waals surface area contributed by atoms with Gasteiger partial charge in [0.05, 0.1) is 0 Å². The fourth-order valence-electron chi connectivity index (χ4n) is 2.67. The van der Waals surface area contributed by atoms with Crippen molar-refractivity contribution in [3.8, 4) is 0 Å². The minimum absolute atomic E-state index is 0.688. The van der Waals surface area contributed by atoms with Crippen LogP contribution in [0.1, 0.15) is 18.4 Å². The van der Waals surface area contributed by atoms with Crippen LogP contribution in [0.3, 0.4) is 0 Å². The molecule has 7 nitrogen and oxygen atoms in total. The van der Waals surface area contributed by atoms with Gasteiger partial charge in [0.15, 0.2) is 5.65 Å². The molecular weight excluding hydrogens is 278 g/mol. The lowest BCUT2D eigenvalue weighted by Crippen LogP contribution is -2.18. The summed E-state index contributed by atoms with van der Waals surface area (Å²) in [5, 5.41) is 15.4. The van der Waals surface area contributed by atoms with E-state index in [4.69, 9.17) is 0 Å². The topological polar surface area (TPSA) is 71.2 Å². The second-order valence-corrected chi connectivity index (χ2v) is 5.42. The van der Waals surface area contributed by atoms with Gasteiger partial charge in [0, 0.05) is 25.8 Å². The van der Waals surface area contributed by atoms with Crippen LogP contribution in [0.2, 0.25) is 0 Å². The van der Waals surface area contributed by atoms with Crippen LogP contribution in [0.5, 0.6) is 0 Å².